The van der Waals surface area contributed by atoms with Gasteiger partial charge in [0.15, 0.2) is 0 Å². The molecular weight excluding hydrogens is 392 g/mol. The molecule has 0 aliphatic carbocycles. The van der Waals surface area contributed by atoms with Gasteiger partial charge in [-0.2, -0.15) is 0 Å². The van der Waals surface area contributed by atoms with Crippen molar-refractivity contribution in [3.63, 3.8) is 0 Å². The molecule has 3 rings (SSSR count). The fourth-order valence-corrected chi connectivity index (χ4v) is 3.83. The molecule has 0 saturated carbocycles. The largest absolute Gasteiger partial charge is 0.495 e. The molecule has 1 amide bonds. The van der Waals surface area contributed by atoms with Gasteiger partial charge in [-0.25, -0.2) is 4.79 Å². The number of anilines is 1. The van der Waals surface area contributed by atoms with Gasteiger partial charge >= 0.3 is 5.97 Å². The average molecular weight is 409 g/mol. The van der Waals surface area contributed by atoms with Crippen LogP contribution in [0.4, 0.5) is 5.69 Å². The van der Waals surface area contributed by atoms with Gasteiger partial charge in [-0.05, 0) is 23.6 Å². The summed E-state index contributed by atoms with van der Waals surface area (Å²) < 4.78 is 16.9. The number of esters is 1. The molecule has 2 aromatic heterocycles. The normalized spacial score (nSPS) is 10.7. The van der Waals surface area contributed by atoms with Crippen LogP contribution in [0.3, 0.4) is 0 Å². The number of benzene rings is 1. The fourth-order valence-electron chi connectivity index (χ4n) is 2.70. The summed E-state index contributed by atoms with van der Waals surface area (Å²) in [7, 11) is 4.28. The van der Waals surface area contributed by atoms with Gasteiger partial charge in [-0.3, -0.25) is 4.79 Å². The maximum Gasteiger partial charge on any atom is 0.354 e. The molecule has 0 aliphatic rings. The van der Waals surface area contributed by atoms with Gasteiger partial charge in [0.1, 0.15) is 28.6 Å². The standard InChI is InChI=1S/C18H17ClN2O5S/c1-24-14-8-15(25-2)12(7-11(14)19)20-16(22)9-21-13(18(23)26-3)6-10-4-5-27-17(10)21/h4-8H,9H2,1-3H3,(H,20,22). The lowest BCUT2D eigenvalue weighted by molar-refractivity contribution is -0.116. The Hall–Kier alpha value is -2.71. The van der Waals surface area contributed by atoms with E-state index in [0.29, 0.717) is 27.9 Å². The van der Waals surface area contributed by atoms with Crippen LogP contribution >= 0.6 is 22.9 Å². The number of hydrogen-bond acceptors (Lipinski definition) is 6. The molecule has 0 fully saturated rings. The van der Waals surface area contributed by atoms with E-state index in [1.165, 1.54) is 32.7 Å². The number of fused-ring (bicyclic) bond motifs is 1. The Morgan fingerprint density at radius 1 is 1.15 bits per heavy atom. The van der Waals surface area contributed by atoms with Crippen LogP contribution < -0.4 is 14.8 Å². The number of thiophene rings is 1. The lowest BCUT2D eigenvalue weighted by atomic mass is 10.2. The quantitative estimate of drug-likeness (QED) is 0.627. The van der Waals surface area contributed by atoms with E-state index in [4.69, 9.17) is 25.8 Å². The summed E-state index contributed by atoms with van der Waals surface area (Å²) in [5.41, 5.74) is 0.719. The summed E-state index contributed by atoms with van der Waals surface area (Å²) in [6.07, 6.45) is 0. The lowest BCUT2D eigenvalue weighted by Crippen LogP contribution is -2.21. The molecule has 0 bridgehead atoms. The predicted molar refractivity (Wildman–Crippen MR) is 104 cm³/mol. The lowest BCUT2D eigenvalue weighted by Gasteiger charge is -2.14. The van der Waals surface area contributed by atoms with Gasteiger partial charge in [0.05, 0.1) is 32.0 Å². The molecule has 1 N–H and O–H groups in total. The molecule has 0 unspecified atom stereocenters. The maximum absolute atomic E-state index is 12.6. The van der Waals surface area contributed by atoms with Crippen molar-refractivity contribution in [3.05, 3.63) is 40.4 Å². The van der Waals surface area contributed by atoms with Crippen molar-refractivity contribution in [2.24, 2.45) is 0 Å². The number of methoxy groups -OCH3 is 3. The van der Waals surface area contributed by atoms with Crippen LogP contribution in [0.5, 0.6) is 11.5 Å². The van der Waals surface area contributed by atoms with Crippen LogP contribution in [-0.2, 0) is 16.1 Å². The zero-order valence-corrected chi connectivity index (χ0v) is 16.4. The molecule has 7 nitrogen and oxygen atoms in total. The van der Waals surface area contributed by atoms with E-state index in [-0.39, 0.29) is 12.5 Å². The Balaban J connectivity index is 1.89. The Morgan fingerprint density at radius 3 is 2.56 bits per heavy atom. The molecule has 1 aromatic carbocycles. The number of carbonyl (C=O) groups is 2. The van der Waals surface area contributed by atoms with E-state index in [1.54, 1.807) is 22.8 Å². The number of nitrogens with zero attached hydrogens (tertiary/aromatic N) is 1. The molecule has 0 saturated heterocycles. The summed E-state index contributed by atoms with van der Waals surface area (Å²) in [6, 6.07) is 6.72. The molecule has 0 atom stereocenters. The van der Waals surface area contributed by atoms with Crippen LogP contribution in [0, 0.1) is 0 Å². The van der Waals surface area contributed by atoms with Gasteiger partial charge in [-0.15, -0.1) is 11.3 Å². The highest BCUT2D eigenvalue weighted by atomic mass is 35.5. The second-order valence-corrected chi connectivity index (χ2v) is 6.83. The zero-order chi connectivity index (χ0) is 19.6. The molecule has 0 aliphatic heterocycles. The number of rotatable bonds is 6. The van der Waals surface area contributed by atoms with E-state index in [9.17, 15) is 9.59 Å². The topological polar surface area (TPSA) is 78.8 Å². The fraction of sp³-hybridized carbons (Fsp3) is 0.222. The highest BCUT2D eigenvalue weighted by Crippen LogP contribution is 2.36. The number of hydrogen-bond donors (Lipinski definition) is 1. The average Bonchev–Trinajstić information content (AvgIpc) is 3.24. The van der Waals surface area contributed by atoms with Crippen molar-refractivity contribution in [3.8, 4) is 11.5 Å². The highest BCUT2D eigenvalue weighted by molar-refractivity contribution is 7.16. The molecule has 2 heterocycles. The third kappa shape index (κ3) is 3.72. The van der Waals surface area contributed by atoms with Crippen molar-refractivity contribution in [1.82, 2.24) is 4.57 Å². The van der Waals surface area contributed by atoms with Crippen LogP contribution in [0.1, 0.15) is 10.5 Å². The second kappa shape index (κ2) is 7.89. The summed E-state index contributed by atoms with van der Waals surface area (Å²) >= 11 is 7.58. The van der Waals surface area contributed by atoms with E-state index in [2.05, 4.69) is 5.32 Å². The van der Waals surface area contributed by atoms with E-state index in [1.807, 2.05) is 11.4 Å². The zero-order valence-electron chi connectivity index (χ0n) is 14.9. The number of nitrogens with one attached hydrogen (secondary N) is 1. The van der Waals surface area contributed by atoms with E-state index in [0.717, 1.165) is 10.2 Å². The Kier molecular flexibility index (Phi) is 5.57. The van der Waals surface area contributed by atoms with Crippen LogP contribution in [0.15, 0.2) is 29.6 Å². The summed E-state index contributed by atoms with van der Waals surface area (Å²) in [6.45, 7) is -0.0682. The number of ether oxygens (including phenoxy) is 3. The molecular formula is C18H17ClN2O5S. The van der Waals surface area contributed by atoms with Gasteiger partial charge in [0, 0.05) is 11.5 Å². The third-order valence-corrected chi connectivity index (χ3v) is 5.19. The van der Waals surface area contributed by atoms with Gasteiger partial charge in [0.2, 0.25) is 5.91 Å². The van der Waals surface area contributed by atoms with Crippen LogP contribution in [0.2, 0.25) is 5.02 Å². The number of aromatic nitrogens is 1. The van der Waals surface area contributed by atoms with Crippen LogP contribution in [0.25, 0.3) is 10.2 Å². The Bertz CT molecular complexity index is 1010. The molecule has 27 heavy (non-hydrogen) atoms. The van der Waals surface area contributed by atoms with E-state index < -0.39 is 5.97 Å². The Morgan fingerprint density at radius 2 is 1.89 bits per heavy atom. The Labute approximate surface area is 164 Å². The third-order valence-electron chi connectivity index (χ3n) is 3.95. The first-order chi connectivity index (χ1) is 13.0. The van der Waals surface area contributed by atoms with E-state index >= 15 is 0 Å². The molecule has 3 aromatic rings. The van der Waals surface area contributed by atoms with Crippen molar-refractivity contribution < 1.29 is 23.8 Å². The summed E-state index contributed by atoms with van der Waals surface area (Å²) in [5.74, 6) is -0.00127. The van der Waals surface area contributed by atoms with Crippen molar-refractivity contribution >= 4 is 50.7 Å². The van der Waals surface area contributed by atoms with Crippen molar-refractivity contribution in [1.29, 1.82) is 0 Å². The second-order valence-electron chi connectivity index (χ2n) is 5.52. The number of amides is 1. The molecule has 142 valence electrons. The number of halogens is 1. The first kappa shape index (κ1) is 19.1. The minimum absolute atomic E-state index is 0.0682. The molecule has 9 heteroatoms. The van der Waals surface area contributed by atoms with Gasteiger partial charge in [-0.1, -0.05) is 11.6 Å². The van der Waals surface area contributed by atoms with Crippen molar-refractivity contribution in [2.45, 2.75) is 6.54 Å². The molecule has 0 radical (unpaired) electrons. The van der Waals surface area contributed by atoms with Gasteiger partial charge < -0.3 is 24.1 Å². The monoisotopic (exact) mass is 408 g/mol. The van der Waals surface area contributed by atoms with Gasteiger partial charge in [0.25, 0.3) is 0 Å². The minimum atomic E-state index is -0.503. The smallest absolute Gasteiger partial charge is 0.354 e. The van der Waals surface area contributed by atoms with Crippen LogP contribution in [-0.4, -0.2) is 37.8 Å². The summed E-state index contributed by atoms with van der Waals surface area (Å²) in [5, 5.41) is 5.87. The first-order valence-electron chi connectivity index (χ1n) is 7.85. The summed E-state index contributed by atoms with van der Waals surface area (Å²) in [4.78, 5) is 25.5. The van der Waals surface area contributed by atoms with Crippen molar-refractivity contribution in [2.75, 3.05) is 26.6 Å². The maximum atomic E-state index is 12.6. The first-order valence-corrected chi connectivity index (χ1v) is 9.10. The predicted octanol–water partition coefficient (Wildman–Crippen LogP) is 3.80. The SMILES string of the molecule is COC(=O)c1cc2ccsc2n1CC(=O)Nc1cc(Cl)c(OC)cc1OC. The highest BCUT2D eigenvalue weighted by Gasteiger charge is 2.20. The number of carbonyl (C=O) groups excluding carboxylic acids is 2. The molecule has 0 spiro atoms. The minimum Gasteiger partial charge on any atom is -0.495 e.